The molecule has 0 aromatic carbocycles. The summed E-state index contributed by atoms with van der Waals surface area (Å²) >= 11 is 0. The third-order valence-electron chi connectivity index (χ3n) is 4.50. The van der Waals surface area contributed by atoms with Crippen molar-refractivity contribution in [2.45, 2.75) is 64.3 Å². The van der Waals surface area contributed by atoms with Crippen LogP contribution in [0.4, 0.5) is 0 Å². The number of rotatable bonds is 4. The van der Waals surface area contributed by atoms with Crippen molar-refractivity contribution in [1.82, 2.24) is 10.6 Å². The molecule has 1 aliphatic carbocycles. The normalized spacial score (nSPS) is 26.3. The number of piperidine rings is 1. The van der Waals surface area contributed by atoms with E-state index in [1.54, 1.807) is 0 Å². The lowest BCUT2D eigenvalue weighted by Crippen LogP contribution is -2.47. The van der Waals surface area contributed by atoms with Gasteiger partial charge in [-0.25, -0.2) is 0 Å². The van der Waals surface area contributed by atoms with Crippen molar-refractivity contribution in [3.8, 4) is 0 Å². The molecule has 2 rings (SSSR count). The van der Waals surface area contributed by atoms with Gasteiger partial charge >= 0.3 is 0 Å². The zero-order chi connectivity index (χ0) is 12.8. The Kier molecular flexibility index (Phi) is 7.77. The van der Waals surface area contributed by atoms with E-state index in [0.29, 0.717) is 6.04 Å². The minimum Gasteiger partial charge on any atom is -0.352 e. The lowest BCUT2D eigenvalue weighted by molar-refractivity contribution is -0.125. The molecule has 2 atom stereocenters. The maximum Gasteiger partial charge on any atom is 0.223 e. The van der Waals surface area contributed by atoms with Crippen LogP contribution in [0.5, 0.6) is 0 Å². The summed E-state index contributed by atoms with van der Waals surface area (Å²) in [5.41, 5.74) is 0. The van der Waals surface area contributed by atoms with Gasteiger partial charge in [-0.3, -0.25) is 4.79 Å². The highest BCUT2D eigenvalue weighted by Crippen LogP contribution is 2.29. The molecule has 112 valence electrons. The predicted octanol–water partition coefficient (Wildman–Crippen LogP) is 2.88. The van der Waals surface area contributed by atoms with Crippen LogP contribution in [-0.2, 0) is 4.79 Å². The second-order valence-corrected chi connectivity index (χ2v) is 6.19. The van der Waals surface area contributed by atoms with Crippen molar-refractivity contribution in [1.29, 1.82) is 0 Å². The van der Waals surface area contributed by atoms with Crippen molar-refractivity contribution in [3.63, 3.8) is 0 Å². The summed E-state index contributed by atoms with van der Waals surface area (Å²) < 4.78 is 0. The van der Waals surface area contributed by atoms with Gasteiger partial charge in [0.05, 0.1) is 0 Å². The number of nitrogens with one attached hydrogen (secondary N) is 2. The van der Waals surface area contributed by atoms with Gasteiger partial charge in [0, 0.05) is 18.5 Å². The van der Waals surface area contributed by atoms with Gasteiger partial charge in [-0.05, 0) is 31.7 Å². The van der Waals surface area contributed by atoms with Crippen LogP contribution in [0.15, 0.2) is 0 Å². The maximum absolute atomic E-state index is 12.1. The lowest BCUT2D eigenvalue weighted by atomic mass is 9.83. The molecule has 1 aliphatic heterocycles. The van der Waals surface area contributed by atoms with E-state index in [0.717, 1.165) is 31.8 Å². The van der Waals surface area contributed by atoms with Gasteiger partial charge < -0.3 is 10.6 Å². The number of carbonyl (C=O) groups excluding carboxylic acids is 1. The molecule has 1 unspecified atom stereocenters. The predicted molar refractivity (Wildman–Crippen MR) is 81.6 cm³/mol. The van der Waals surface area contributed by atoms with Crippen LogP contribution in [0.25, 0.3) is 0 Å². The number of halogens is 1. The van der Waals surface area contributed by atoms with E-state index in [-0.39, 0.29) is 24.2 Å². The molecule has 1 saturated carbocycles. The number of amides is 1. The van der Waals surface area contributed by atoms with E-state index < -0.39 is 0 Å². The SMILES string of the molecule is CC(CC1CCCCC1)C(=O)N[C@H]1CCCNC1.Cl. The third-order valence-corrected chi connectivity index (χ3v) is 4.50. The van der Waals surface area contributed by atoms with E-state index in [9.17, 15) is 4.79 Å². The van der Waals surface area contributed by atoms with Gasteiger partial charge in [-0.1, -0.05) is 39.0 Å². The molecule has 1 heterocycles. The summed E-state index contributed by atoms with van der Waals surface area (Å²) in [5.74, 6) is 1.26. The first-order chi connectivity index (χ1) is 8.75. The Morgan fingerprint density at radius 1 is 1.21 bits per heavy atom. The van der Waals surface area contributed by atoms with Crippen LogP contribution in [-0.4, -0.2) is 25.0 Å². The Morgan fingerprint density at radius 2 is 1.95 bits per heavy atom. The molecule has 0 aromatic heterocycles. The average molecular weight is 289 g/mol. The molecule has 2 aliphatic rings. The number of hydrogen-bond acceptors (Lipinski definition) is 2. The first kappa shape index (κ1) is 16.8. The second kappa shape index (κ2) is 8.80. The van der Waals surface area contributed by atoms with Crippen LogP contribution >= 0.6 is 12.4 Å². The molecule has 2 fully saturated rings. The van der Waals surface area contributed by atoms with Crippen molar-refractivity contribution in [3.05, 3.63) is 0 Å². The van der Waals surface area contributed by atoms with Crippen LogP contribution in [0.3, 0.4) is 0 Å². The Bertz CT molecular complexity index is 261. The molecule has 2 N–H and O–H groups in total. The summed E-state index contributed by atoms with van der Waals surface area (Å²) in [4.78, 5) is 12.1. The monoisotopic (exact) mass is 288 g/mol. The highest BCUT2D eigenvalue weighted by Gasteiger charge is 2.23. The number of hydrogen-bond donors (Lipinski definition) is 2. The Labute approximate surface area is 123 Å². The molecule has 0 aromatic rings. The van der Waals surface area contributed by atoms with Gasteiger partial charge in [-0.2, -0.15) is 0 Å². The van der Waals surface area contributed by atoms with Crippen molar-refractivity contribution in [2.24, 2.45) is 11.8 Å². The van der Waals surface area contributed by atoms with E-state index in [4.69, 9.17) is 0 Å². The van der Waals surface area contributed by atoms with Gasteiger partial charge in [0.1, 0.15) is 0 Å². The highest BCUT2D eigenvalue weighted by atomic mass is 35.5. The molecule has 0 radical (unpaired) electrons. The topological polar surface area (TPSA) is 41.1 Å². The largest absolute Gasteiger partial charge is 0.352 e. The van der Waals surface area contributed by atoms with E-state index in [1.165, 1.54) is 38.5 Å². The maximum atomic E-state index is 12.1. The molecule has 1 amide bonds. The fraction of sp³-hybridized carbons (Fsp3) is 0.933. The van der Waals surface area contributed by atoms with Gasteiger partial charge in [-0.15, -0.1) is 12.4 Å². The molecule has 19 heavy (non-hydrogen) atoms. The van der Waals surface area contributed by atoms with Crippen LogP contribution in [0.2, 0.25) is 0 Å². The summed E-state index contributed by atoms with van der Waals surface area (Å²) in [6, 6.07) is 0.361. The highest BCUT2D eigenvalue weighted by molar-refractivity contribution is 5.85. The van der Waals surface area contributed by atoms with Crippen molar-refractivity contribution < 1.29 is 4.79 Å². The molecular weight excluding hydrogens is 260 g/mol. The van der Waals surface area contributed by atoms with Crippen LogP contribution in [0.1, 0.15) is 58.3 Å². The van der Waals surface area contributed by atoms with E-state index in [2.05, 4.69) is 17.6 Å². The Morgan fingerprint density at radius 3 is 2.58 bits per heavy atom. The minimum atomic E-state index is 0. The van der Waals surface area contributed by atoms with Gasteiger partial charge in [0.15, 0.2) is 0 Å². The smallest absolute Gasteiger partial charge is 0.223 e. The standard InChI is InChI=1S/C15H28N2O.ClH/c1-12(10-13-6-3-2-4-7-13)15(18)17-14-8-5-9-16-11-14;/h12-14,16H,2-11H2,1H3,(H,17,18);1H/t12?,14-;/m0./s1. The molecule has 0 bridgehead atoms. The van der Waals surface area contributed by atoms with Crippen LogP contribution in [0, 0.1) is 11.8 Å². The third kappa shape index (κ3) is 5.70. The number of carbonyl (C=O) groups is 1. The van der Waals surface area contributed by atoms with E-state index in [1.807, 2.05) is 0 Å². The first-order valence-corrected chi connectivity index (χ1v) is 7.77. The summed E-state index contributed by atoms with van der Waals surface area (Å²) in [6.07, 6.45) is 10.2. The van der Waals surface area contributed by atoms with Crippen molar-refractivity contribution in [2.75, 3.05) is 13.1 Å². The molecule has 4 heteroatoms. The molecule has 1 saturated heterocycles. The Hall–Kier alpha value is -0.280. The fourth-order valence-corrected chi connectivity index (χ4v) is 3.35. The summed E-state index contributed by atoms with van der Waals surface area (Å²) in [6.45, 7) is 4.14. The van der Waals surface area contributed by atoms with Gasteiger partial charge in [0.2, 0.25) is 5.91 Å². The summed E-state index contributed by atoms with van der Waals surface area (Å²) in [5, 5.41) is 6.55. The van der Waals surface area contributed by atoms with Crippen molar-refractivity contribution >= 4 is 18.3 Å². The lowest BCUT2D eigenvalue weighted by Gasteiger charge is -2.27. The van der Waals surface area contributed by atoms with E-state index >= 15 is 0 Å². The minimum absolute atomic E-state index is 0. The average Bonchev–Trinajstić information content (AvgIpc) is 2.41. The van der Waals surface area contributed by atoms with Crippen LogP contribution < -0.4 is 10.6 Å². The molecular formula is C15H29ClN2O. The quantitative estimate of drug-likeness (QED) is 0.835. The molecule has 3 nitrogen and oxygen atoms in total. The zero-order valence-electron chi connectivity index (χ0n) is 12.1. The van der Waals surface area contributed by atoms with Gasteiger partial charge in [0.25, 0.3) is 0 Å². The zero-order valence-corrected chi connectivity index (χ0v) is 12.9. The molecule has 0 spiro atoms. The Balaban J connectivity index is 0.00000180. The first-order valence-electron chi connectivity index (χ1n) is 7.77. The summed E-state index contributed by atoms with van der Waals surface area (Å²) in [7, 11) is 0. The second-order valence-electron chi connectivity index (χ2n) is 6.19. The fourth-order valence-electron chi connectivity index (χ4n) is 3.35.